The third-order valence-electron chi connectivity index (χ3n) is 2.87. The van der Waals surface area contributed by atoms with Gasteiger partial charge >= 0.3 is 0 Å². The third kappa shape index (κ3) is 11.4. The first-order valence-electron chi connectivity index (χ1n) is 6.72. The molecule has 0 atom stereocenters. The number of hydrogen-bond acceptors (Lipinski definition) is 2. The van der Waals surface area contributed by atoms with E-state index in [1.165, 1.54) is 57.7 Å². The van der Waals surface area contributed by atoms with Gasteiger partial charge in [0.2, 0.25) is 5.78 Å². The molecule has 0 saturated carbocycles. The molecule has 0 aliphatic rings. The van der Waals surface area contributed by atoms with Gasteiger partial charge in [-0.25, -0.2) is 0 Å². The molecule has 1 radical (unpaired) electrons. The van der Waals surface area contributed by atoms with E-state index in [9.17, 15) is 9.59 Å². The van der Waals surface area contributed by atoms with Crippen LogP contribution in [0.5, 0.6) is 0 Å². The topological polar surface area (TPSA) is 34.1 Å². The number of hydrogen-bond donors (Lipinski definition) is 0. The summed E-state index contributed by atoms with van der Waals surface area (Å²) in [7, 11) is 0. The molecule has 0 aromatic carbocycles. The fourth-order valence-electron chi connectivity index (χ4n) is 1.82. The molecule has 93 valence electrons. The van der Waals surface area contributed by atoms with Gasteiger partial charge in [0, 0.05) is 6.42 Å². The molecule has 0 unspecified atom stereocenters. The van der Waals surface area contributed by atoms with Crippen LogP contribution in [0.2, 0.25) is 0 Å². The zero-order chi connectivity index (χ0) is 12.1. The highest BCUT2D eigenvalue weighted by molar-refractivity contribution is 6.25. The maximum atomic E-state index is 10.6. The fourth-order valence-corrected chi connectivity index (χ4v) is 1.82. The summed E-state index contributed by atoms with van der Waals surface area (Å²) in [6.07, 6.45) is 14.3. The molecule has 0 rings (SSSR count). The van der Waals surface area contributed by atoms with Gasteiger partial charge in [-0.1, -0.05) is 64.7 Å². The van der Waals surface area contributed by atoms with Crippen LogP contribution in [0.15, 0.2) is 0 Å². The Morgan fingerprint density at radius 1 is 0.812 bits per heavy atom. The van der Waals surface area contributed by atoms with Crippen molar-refractivity contribution in [1.29, 1.82) is 0 Å². The van der Waals surface area contributed by atoms with Crippen LogP contribution in [0, 0.1) is 0 Å². The molecule has 2 nitrogen and oxygen atoms in total. The van der Waals surface area contributed by atoms with Crippen molar-refractivity contribution < 1.29 is 9.59 Å². The molecular formula is C14H25O2. The van der Waals surface area contributed by atoms with Gasteiger partial charge in [-0.05, 0) is 6.42 Å². The van der Waals surface area contributed by atoms with Crippen molar-refractivity contribution in [2.24, 2.45) is 0 Å². The Hall–Kier alpha value is -0.660. The van der Waals surface area contributed by atoms with E-state index in [0.29, 0.717) is 6.42 Å². The molecule has 0 heterocycles. The summed E-state index contributed by atoms with van der Waals surface area (Å²) in [5.74, 6) is -0.375. The summed E-state index contributed by atoms with van der Waals surface area (Å²) in [6, 6.07) is 0. The fraction of sp³-hybridized carbons (Fsp3) is 0.857. The summed E-state index contributed by atoms with van der Waals surface area (Å²) >= 11 is 0. The Bertz CT molecular complexity index is 176. The lowest BCUT2D eigenvalue weighted by Gasteiger charge is -2.01. The summed E-state index contributed by atoms with van der Waals surface area (Å²) < 4.78 is 0. The number of carbonyl (C=O) groups excluding carboxylic acids is 2. The Kier molecular flexibility index (Phi) is 11.9. The van der Waals surface area contributed by atoms with Crippen molar-refractivity contribution in [1.82, 2.24) is 0 Å². The van der Waals surface area contributed by atoms with E-state index >= 15 is 0 Å². The van der Waals surface area contributed by atoms with E-state index in [1.807, 2.05) is 0 Å². The maximum absolute atomic E-state index is 10.6. The molecule has 0 aliphatic carbocycles. The van der Waals surface area contributed by atoms with Crippen LogP contribution < -0.4 is 0 Å². The normalized spacial score (nSPS) is 10.3. The predicted molar refractivity (Wildman–Crippen MR) is 67.2 cm³/mol. The molecule has 2 heteroatoms. The quantitative estimate of drug-likeness (QED) is 0.372. The van der Waals surface area contributed by atoms with E-state index in [1.54, 1.807) is 0 Å². The standard InChI is InChI=1S/C14H25O2/c1-2-3-4-5-6-7-8-9-10-11-12-14(16)13-15/h2-12H2,1H3. The lowest BCUT2D eigenvalue weighted by Crippen LogP contribution is -1.97. The summed E-state index contributed by atoms with van der Waals surface area (Å²) in [5.41, 5.74) is 0. The first-order chi connectivity index (χ1) is 7.81. The third-order valence-corrected chi connectivity index (χ3v) is 2.87. The van der Waals surface area contributed by atoms with Crippen molar-refractivity contribution >= 4 is 12.1 Å². The molecule has 0 aromatic rings. The second-order valence-corrected chi connectivity index (χ2v) is 4.46. The summed E-state index contributed by atoms with van der Waals surface area (Å²) in [6.45, 7) is 2.23. The molecular weight excluding hydrogens is 200 g/mol. The van der Waals surface area contributed by atoms with Gasteiger partial charge in [-0.3, -0.25) is 9.59 Å². The summed E-state index contributed by atoms with van der Waals surface area (Å²) in [4.78, 5) is 20.5. The SMILES string of the molecule is CCCCCCCCCCCCC(=O)[C]=O. The number of Topliss-reactive ketones (excluding diaryl/α,β-unsaturated/α-hetero) is 1. The largest absolute Gasteiger partial charge is 0.290 e. The maximum Gasteiger partial charge on any atom is 0.272 e. The highest BCUT2D eigenvalue weighted by atomic mass is 16.2. The molecule has 0 bridgehead atoms. The van der Waals surface area contributed by atoms with Gasteiger partial charge in [0.1, 0.15) is 0 Å². The van der Waals surface area contributed by atoms with Gasteiger partial charge in [0.15, 0.2) is 0 Å². The minimum absolute atomic E-state index is 0.375. The van der Waals surface area contributed by atoms with Crippen LogP contribution in [0.1, 0.15) is 77.6 Å². The van der Waals surface area contributed by atoms with Gasteiger partial charge in [0.05, 0.1) is 0 Å². The molecule has 0 spiro atoms. The van der Waals surface area contributed by atoms with Crippen LogP contribution in [0.25, 0.3) is 0 Å². The van der Waals surface area contributed by atoms with Crippen molar-refractivity contribution in [3.8, 4) is 0 Å². The minimum atomic E-state index is -0.375. The summed E-state index contributed by atoms with van der Waals surface area (Å²) in [5, 5.41) is 0. The van der Waals surface area contributed by atoms with E-state index in [2.05, 4.69) is 6.92 Å². The van der Waals surface area contributed by atoms with Crippen LogP contribution in [-0.2, 0) is 9.59 Å². The first-order valence-corrected chi connectivity index (χ1v) is 6.72. The van der Waals surface area contributed by atoms with Gasteiger partial charge < -0.3 is 0 Å². The molecule has 0 amide bonds. The smallest absolute Gasteiger partial charge is 0.272 e. The van der Waals surface area contributed by atoms with Crippen LogP contribution >= 0.6 is 0 Å². The van der Waals surface area contributed by atoms with Crippen molar-refractivity contribution in [3.63, 3.8) is 0 Å². The van der Waals surface area contributed by atoms with Crippen LogP contribution in [0.4, 0.5) is 0 Å². The highest BCUT2D eigenvalue weighted by Gasteiger charge is 1.99. The molecule has 0 fully saturated rings. The Labute approximate surface area is 99.8 Å². The van der Waals surface area contributed by atoms with E-state index in [4.69, 9.17) is 0 Å². The highest BCUT2D eigenvalue weighted by Crippen LogP contribution is 2.11. The molecule has 0 aliphatic heterocycles. The second kappa shape index (κ2) is 12.4. The van der Waals surface area contributed by atoms with E-state index < -0.39 is 0 Å². The molecule has 16 heavy (non-hydrogen) atoms. The minimum Gasteiger partial charge on any atom is -0.290 e. The zero-order valence-corrected chi connectivity index (χ0v) is 10.6. The Balaban J connectivity index is 2.98. The monoisotopic (exact) mass is 225 g/mol. The number of unbranched alkanes of at least 4 members (excludes halogenated alkanes) is 9. The second-order valence-electron chi connectivity index (χ2n) is 4.46. The molecule has 0 saturated heterocycles. The average Bonchev–Trinajstić information content (AvgIpc) is 2.31. The van der Waals surface area contributed by atoms with Crippen molar-refractivity contribution in [3.05, 3.63) is 0 Å². The van der Waals surface area contributed by atoms with Gasteiger partial charge in [-0.15, -0.1) is 0 Å². The van der Waals surface area contributed by atoms with Crippen LogP contribution in [0.3, 0.4) is 0 Å². The van der Waals surface area contributed by atoms with E-state index in [0.717, 1.165) is 12.8 Å². The zero-order valence-electron chi connectivity index (χ0n) is 10.6. The van der Waals surface area contributed by atoms with Crippen molar-refractivity contribution in [2.75, 3.05) is 0 Å². The van der Waals surface area contributed by atoms with E-state index in [-0.39, 0.29) is 5.78 Å². The van der Waals surface area contributed by atoms with Gasteiger partial charge in [-0.2, -0.15) is 0 Å². The predicted octanol–water partition coefficient (Wildman–Crippen LogP) is 3.98. The number of carbonyl (C=O) groups is 1. The number of ketones is 1. The Morgan fingerprint density at radius 2 is 1.25 bits per heavy atom. The first kappa shape index (κ1) is 15.3. The number of rotatable bonds is 12. The van der Waals surface area contributed by atoms with Crippen LogP contribution in [-0.4, -0.2) is 12.1 Å². The Morgan fingerprint density at radius 3 is 1.69 bits per heavy atom. The molecule has 0 aromatic heterocycles. The average molecular weight is 225 g/mol. The lowest BCUT2D eigenvalue weighted by atomic mass is 10.1. The lowest BCUT2D eigenvalue weighted by molar-refractivity contribution is -0.113. The van der Waals surface area contributed by atoms with Gasteiger partial charge in [0.25, 0.3) is 6.29 Å². The molecule has 0 N–H and O–H groups in total. The van der Waals surface area contributed by atoms with Crippen molar-refractivity contribution in [2.45, 2.75) is 77.6 Å².